The second kappa shape index (κ2) is 2.61. The first kappa shape index (κ1) is 7.59. The Balaban J connectivity index is 2.99. The van der Waals surface area contributed by atoms with Gasteiger partial charge in [-0.3, -0.25) is 0 Å². The van der Waals surface area contributed by atoms with Crippen LogP contribution in [0.3, 0.4) is 0 Å². The lowest BCUT2D eigenvalue weighted by atomic mass is 10.2. The molecule has 0 bridgehead atoms. The molecule has 0 spiro atoms. The molecule has 0 saturated heterocycles. The van der Waals surface area contributed by atoms with Gasteiger partial charge in [0.1, 0.15) is 6.61 Å². The van der Waals surface area contributed by atoms with E-state index in [9.17, 15) is 9.59 Å². The lowest BCUT2D eigenvalue weighted by Crippen LogP contribution is -2.09. The zero-order valence-electron chi connectivity index (χ0n) is 5.79. The Morgan fingerprint density at radius 2 is 2.36 bits per heavy atom. The molecule has 5 heteroatoms. The minimum Gasteiger partial charge on any atom is -0.496 e. The van der Waals surface area contributed by atoms with Crippen LogP contribution >= 0.6 is 0 Å². The maximum atomic E-state index is 10.6. The van der Waals surface area contributed by atoms with E-state index in [0.717, 1.165) is 0 Å². The number of ether oxygens (including phenoxy) is 2. The Labute approximate surface area is 62.2 Å². The molecule has 0 unspecified atom stereocenters. The summed E-state index contributed by atoms with van der Waals surface area (Å²) in [5, 5.41) is 8.45. The Bertz CT molecular complexity index is 239. The zero-order chi connectivity index (χ0) is 8.43. The summed E-state index contributed by atoms with van der Waals surface area (Å²) in [5.41, 5.74) is -0.410. The minimum absolute atomic E-state index is 0.0718. The second-order valence-electron chi connectivity index (χ2n) is 1.88. The van der Waals surface area contributed by atoms with Crippen LogP contribution < -0.4 is 0 Å². The number of methoxy groups -OCH3 is 1. The van der Waals surface area contributed by atoms with E-state index in [2.05, 4.69) is 9.47 Å². The summed E-state index contributed by atoms with van der Waals surface area (Å²) < 4.78 is 9.02. The molecular formula is C6H6O5. The number of rotatable bonds is 2. The van der Waals surface area contributed by atoms with Crippen molar-refractivity contribution in [1.29, 1.82) is 0 Å². The van der Waals surface area contributed by atoms with Crippen LogP contribution in [0.1, 0.15) is 0 Å². The minimum atomic E-state index is -1.32. The molecule has 1 aliphatic heterocycles. The van der Waals surface area contributed by atoms with Crippen molar-refractivity contribution in [2.24, 2.45) is 0 Å². The number of hydrogen-bond acceptors (Lipinski definition) is 4. The SMILES string of the molecule is COC1=C(C(=O)O)C(=O)OC1. The molecule has 60 valence electrons. The first-order chi connectivity index (χ1) is 5.16. The monoisotopic (exact) mass is 158 g/mol. The maximum Gasteiger partial charge on any atom is 0.349 e. The first-order valence-electron chi connectivity index (χ1n) is 2.84. The van der Waals surface area contributed by atoms with Gasteiger partial charge in [0, 0.05) is 0 Å². The van der Waals surface area contributed by atoms with E-state index in [-0.39, 0.29) is 12.4 Å². The average Bonchev–Trinajstić information content (AvgIpc) is 2.30. The largest absolute Gasteiger partial charge is 0.496 e. The van der Waals surface area contributed by atoms with Crippen LogP contribution in [0.4, 0.5) is 0 Å². The predicted molar refractivity (Wildman–Crippen MR) is 32.6 cm³/mol. The lowest BCUT2D eigenvalue weighted by Gasteiger charge is -1.95. The van der Waals surface area contributed by atoms with Crippen molar-refractivity contribution in [1.82, 2.24) is 0 Å². The van der Waals surface area contributed by atoms with Gasteiger partial charge in [-0.2, -0.15) is 0 Å². The summed E-state index contributed by atoms with van der Waals surface area (Å²) in [6.45, 7) is -0.0863. The molecule has 1 heterocycles. The summed E-state index contributed by atoms with van der Waals surface area (Å²) in [5.74, 6) is -2.08. The number of cyclic esters (lactones) is 1. The van der Waals surface area contributed by atoms with Crippen LogP contribution in [-0.2, 0) is 19.1 Å². The van der Waals surface area contributed by atoms with Crippen molar-refractivity contribution in [2.45, 2.75) is 0 Å². The molecule has 1 rings (SSSR count). The van der Waals surface area contributed by atoms with Crippen LogP contribution in [0.15, 0.2) is 11.3 Å². The van der Waals surface area contributed by atoms with E-state index in [4.69, 9.17) is 5.11 Å². The molecule has 0 amide bonds. The molecule has 11 heavy (non-hydrogen) atoms. The Morgan fingerprint density at radius 3 is 2.73 bits per heavy atom. The molecule has 0 radical (unpaired) electrons. The van der Waals surface area contributed by atoms with Gasteiger partial charge in [-0.25, -0.2) is 9.59 Å². The summed E-state index contributed by atoms with van der Waals surface area (Å²) in [6.07, 6.45) is 0. The van der Waals surface area contributed by atoms with Crippen molar-refractivity contribution in [3.8, 4) is 0 Å². The molecule has 0 fully saturated rings. The topological polar surface area (TPSA) is 72.8 Å². The summed E-state index contributed by atoms with van der Waals surface area (Å²) in [7, 11) is 1.29. The Morgan fingerprint density at radius 1 is 1.73 bits per heavy atom. The highest BCUT2D eigenvalue weighted by molar-refractivity contribution is 6.15. The fraction of sp³-hybridized carbons (Fsp3) is 0.333. The van der Waals surface area contributed by atoms with Crippen molar-refractivity contribution in [2.75, 3.05) is 13.7 Å². The highest BCUT2D eigenvalue weighted by Crippen LogP contribution is 2.15. The van der Waals surface area contributed by atoms with E-state index >= 15 is 0 Å². The van der Waals surface area contributed by atoms with E-state index in [1.54, 1.807) is 0 Å². The van der Waals surface area contributed by atoms with Gasteiger partial charge in [-0.15, -0.1) is 0 Å². The third-order valence-corrected chi connectivity index (χ3v) is 1.28. The number of carboxylic acid groups (broad SMARTS) is 1. The Kier molecular flexibility index (Phi) is 1.80. The highest BCUT2D eigenvalue weighted by atomic mass is 16.6. The van der Waals surface area contributed by atoms with Gasteiger partial charge in [0.05, 0.1) is 7.11 Å². The van der Waals surface area contributed by atoms with Crippen LogP contribution in [0, 0.1) is 0 Å². The van der Waals surface area contributed by atoms with Crippen LogP contribution in [0.25, 0.3) is 0 Å². The molecule has 0 saturated carbocycles. The first-order valence-corrected chi connectivity index (χ1v) is 2.84. The van der Waals surface area contributed by atoms with Crippen molar-refractivity contribution in [3.63, 3.8) is 0 Å². The smallest absolute Gasteiger partial charge is 0.349 e. The van der Waals surface area contributed by atoms with Crippen LogP contribution in [-0.4, -0.2) is 30.8 Å². The van der Waals surface area contributed by atoms with E-state index in [1.165, 1.54) is 7.11 Å². The van der Waals surface area contributed by atoms with Crippen LogP contribution in [0.2, 0.25) is 0 Å². The number of aliphatic carboxylic acids is 1. The highest BCUT2D eigenvalue weighted by Gasteiger charge is 2.31. The molecule has 1 aliphatic rings. The summed E-state index contributed by atoms with van der Waals surface area (Å²) in [4.78, 5) is 21.0. The lowest BCUT2D eigenvalue weighted by molar-refractivity contribution is -0.141. The molecular weight excluding hydrogens is 152 g/mol. The molecule has 0 atom stereocenters. The molecule has 1 N–H and O–H groups in total. The molecule has 0 aromatic carbocycles. The number of carboxylic acids is 1. The third kappa shape index (κ3) is 1.17. The van der Waals surface area contributed by atoms with E-state index < -0.39 is 17.5 Å². The van der Waals surface area contributed by atoms with E-state index in [0.29, 0.717) is 0 Å². The van der Waals surface area contributed by atoms with Gasteiger partial charge in [-0.1, -0.05) is 0 Å². The summed E-state index contributed by atoms with van der Waals surface area (Å²) in [6, 6.07) is 0. The standard InChI is InChI=1S/C6H6O5/c1-10-3-2-11-6(9)4(3)5(7)8/h2H2,1H3,(H,7,8). The van der Waals surface area contributed by atoms with Gasteiger partial charge in [0.15, 0.2) is 11.3 Å². The van der Waals surface area contributed by atoms with Gasteiger partial charge >= 0.3 is 11.9 Å². The van der Waals surface area contributed by atoms with Crippen molar-refractivity contribution >= 4 is 11.9 Å². The molecule has 0 aromatic heterocycles. The van der Waals surface area contributed by atoms with Gasteiger partial charge < -0.3 is 14.6 Å². The number of carbonyl (C=O) groups excluding carboxylic acids is 1. The maximum absolute atomic E-state index is 10.6. The quantitative estimate of drug-likeness (QED) is 0.434. The zero-order valence-corrected chi connectivity index (χ0v) is 5.79. The molecule has 0 aromatic rings. The Hall–Kier alpha value is -1.52. The average molecular weight is 158 g/mol. The molecule has 0 aliphatic carbocycles. The number of esters is 1. The second-order valence-corrected chi connectivity index (χ2v) is 1.88. The fourth-order valence-electron chi connectivity index (χ4n) is 0.757. The van der Waals surface area contributed by atoms with Crippen molar-refractivity contribution < 1.29 is 24.2 Å². The normalized spacial score (nSPS) is 16.6. The summed E-state index contributed by atoms with van der Waals surface area (Å²) >= 11 is 0. The third-order valence-electron chi connectivity index (χ3n) is 1.28. The van der Waals surface area contributed by atoms with E-state index in [1.807, 2.05) is 0 Å². The van der Waals surface area contributed by atoms with Gasteiger partial charge in [-0.05, 0) is 0 Å². The van der Waals surface area contributed by atoms with Crippen LogP contribution in [0.5, 0.6) is 0 Å². The van der Waals surface area contributed by atoms with Gasteiger partial charge in [0.2, 0.25) is 0 Å². The molecule has 5 nitrogen and oxygen atoms in total. The van der Waals surface area contributed by atoms with Gasteiger partial charge in [0.25, 0.3) is 0 Å². The number of hydrogen-bond donors (Lipinski definition) is 1. The number of carbonyl (C=O) groups is 2. The van der Waals surface area contributed by atoms with Crippen molar-refractivity contribution in [3.05, 3.63) is 11.3 Å². The predicted octanol–water partition coefficient (Wildman–Crippen LogP) is -0.472. The fourth-order valence-corrected chi connectivity index (χ4v) is 0.757.